The average molecular weight is 340 g/mol. The van der Waals surface area contributed by atoms with Gasteiger partial charge in [-0.15, -0.1) is 0 Å². The number of rotatable bonds is 2. The average Bonchev–Trinajstić information content (AvgIpc) is 2.50. The fourth-order valence-electron chi connectivity index (χ4n) is 2.70. The highest BCUT2D eigenvalue weighted by Gasteiger charge is 2.28. The van der Waals surface area contributed by atoms with Crippen LogP contribution in [-0.2, 0) is 0 Å². The van der Waals surface area contributed by atoms with Gasteiger partial charge in [-0.05, 0) is 39.3 Å². The molecule has 0 aliphatic carbocycles. The number of hydrogen-bond donors (Lipinski definition) is 1. The molecule has 2 amide bonds. The number of anilines is 1. The zero-order chi connectivity index (χ0) is 17.2. The van der Waals surface area contributed by atoms with E-state index in [1.165, 1.54) is 0 Å². The summed E-state index contributed by atoms with van der Waals surface area (Å²) in [5.41, 5.74) is 1.69. The second-order valence-corrected chi connectivity index (χ2v) is 7.28. The van der Waals surface area contributed by atoms with Crippen LogP contribution in [-0.4, -0.2) is 54.7 Å². The maximum absolute atomic E-state index is 12.5. The van der Waals surface area contributed by atoms with Crippen molar-refractivity contribution in [3.63, 3.8) is 0 Å². The third kappa shape index (κ3) is 4.30. The highest BCUT2D eigenvalue weighted by Crippen LogP contribution is 2.31. The Hall–Kier alpha value is -1.46. The van der Waals surface area contributed by atoms with E-state index in [2.05, 4.69) is 31.0 Å². The van der Waals surface area contributed by atoms with E-state index in [1.54, 1.807) is 13.2 Å². The number of hydrogen-bond acceptors (Lipinski definition) is 3. The molecule has 0 aromatic heterocycles. The number of nitrogens with one attached hydrogen (secondary N) is 1. The SMILES string of the molecule is COc1cc(Cl)c(C)cc1NC(=O)N1CCN(C(C)(C)C)CC1. The molecule has 0 radical (unpaired) electrons. The quantitative estimate of drug-likeness (QED) is 0.895. The molecule has 23 heavy (non-hydrogen) atoms. The summed E-state index contributed by atoms with van der Waals surface area (Å²) in [5, 5.41) is 3.56. The smallest absolute Gasteiger partial charge is 0.322 e. The van der Waals surface area contributed by atoms with Crippen molar-refractivity contribution in [2.24, 2.45) is 0 Å². The number of urea groups is 1. The summed E-state index contributed by atoms with van der Waals surface area (Å²) in [6, 6.07) is 3.47. The van der Waals surface area contributed by atoms with Crippen molar-refractivity contribution < 1.29 is 9.53 Å². The second-order valence-electron chi connectivity index (χ2n) is 6.88. The molecular formula is C17H26ClN3O2. The van der Waals surface area contributed by atoms with Gasteiger partial charge in [-0.1, -0.05) is 11.6 Å². The summed E-state index contributed by atoms with van der Waals surface area (Å²) in [7, 11) is 1.57. The lowest BCUT2D eigenvalue weighted by Gasteiger charge is -2.42. The van der Waals surface area contributed by atoms with Crippen molar-refractivity contribution >= 4 is 23.3 Å². The number of carbonyl (C=O) groups is 1. The summed E-state index contributed by atoms with van der Waals surface area (Å²) >= 11 is 6.10. The normalized spacial score (nSPS) is 16.3. The van der Waals surface area contributed by atoms with E-state index in [0.717, 1.165) is 31.7 Å². The molecule has 1 fully saturated rings. The fourth-order valence-corrected chi connectivity index (χ4v) is 2.86. The van der Waals surface area contributed by atoms with E-state index in [-0.39, 0.29) is 11.6 Å². The minimum Gasteiger partial charge on any atom is -0.495 e. The van der Waals surface area contributed by atoms with Gasteiger partial charge in [0.1, 0.15) is 5.75 Å². The molecule has 128 valence electrons. The van der Waals surface area contributed by atoms with Gasteiger partial charge in [0.2, 0.25) is 0 Å². The van der Waals surface area contributed by atoms with Gasteiger partial charge < -0.3 is 15.0 Å². The summed E-state index contributed by atoms with van der Waals surface area (Å²) in [6.07, 6.45) is 0. The minimum atomic E-state index is -0.0985. The molecule has 0 atom stereocenters. The topological polar surface area (TPSA) is 44.8 Å². The molecule has 2 rings (SSSR count). The summed E-state index contributed by atoms with van der Waals surface area (Å²) in [5.74, 6) is 0.572. The summed E-state index contributed by atoms with van der Waals surface area (Å²) < 4.78 is 5.31. The van der Waals surface area contributed by atoms with E-state index in [9.17, 15) is 4.79 Å². The maximum Gasteiger partial charge on any atom is 0.322 e. The molecule has 1 saturated heterocycles. The third-order valence-electron chi connectivity index (χ3n) is 4.24. The number of carbonyl (C=O) groups excluding carboxylic acids is 1. The lowest BCUT2D eigenvalue weighted by atomic mass is 10.1. The van der Waals surface area contributed by atoms with Gasteiger partial charge in [0, 0.05) is 42.8 Å². The van der Waals surface area contributed by atoms with Crippen molar-refractivity contribution in [3.05, 3.63) is 22.7 Å². The lowest BCUT2D eigenvalue weighted by Crippen LogP contribution is -2.55. The standard InChI is InChI=1S/C17H26ClN3O2/c1-12-10-14(15(23-5)11-13(12)18)19-16(22)20-6-8-21(9-7-20)17(2,3)4/h10-11H,6-9H2,1-5H3,(H,19,22). The molecule has 1 aliphatic heterocycles. The molecule has 5 nitrogen and oxygen atoms in total. The van der Waals surface area contributed by atoms with Gasteiger partial charge in [-0.25, -0.2) is 4.79 Å². The molecule has 0 bridgehead atoms. The molecule has 1 aliphatic rings. The fraction of sp³-hybridized carbons (Fsp3) is 0.588. The Labute approximate surface area is 143 Å². The Balaban J connectivity index is 2.02. The molecule has 1 heterocycles. The van der Waals surface area contributed by atoms with Gasteiger partial charge in [-0.2, -0.15) is 0 Å². The first-order valence-electron chi connectivity index (χ1n) is 7.87. The molecule has 1 aromatic rings. The van der Waals surface area contributed by atoms with Gasteiger partial charge in [0.25, 0.3) is 0 Å². The Morgan fingerprint density at radius 2 is 1.83 bits per heavy atom. The summed E-state index contributed by atoms with van der Waals surface area (Å²) in [4.78, 5) is 16.7. The van der Waals surface area contributed by atoms with Gasteiger partial charge in [0.05, 0.1) is 12.8 Å². The second kappa shape index (κ2) is 6.97. The van der Waals surface area contributed by atoms with E-state index >= 15 is 0 Å². The van der Waals surface area contributed by atoms with Crippen LogP contribution in [0.1, 0.15) is 26.3 Å². The monoisotopic (exact) mass is 339 g/mol. The molecular weight excluding hydrogens is 314 g/mol. The van der Waals surface area contributed by atoms with Crippen LogP contribution in [0.15, 0.2) is 12.1 Å². The number of ether oxygens (including phenoxy) is 1. The molecule has 0 spiro atoms. The summed E-state index contributed by atoms with van der Waals surface area (Å²) in [6.45, 7) is 11.7. The Bertz CT molecular complexity index is 576. The number of aryl methyl sites for hydroxylation is 1. The van der Waals surface area contributed by atoms with Crippen LogP contribution in [0.2, 0.25) is 5.02 Å². The lowest BCUT2D eigenvalue weighted by molar-refractivity contribution is 0.0774. The number of piperazine rings is 1. The first kappa shape index (κ1) is 17.9. The predicted molar refractivity (Wildman–Crippen MR) is 94.7 cm³/mol. The largest absolute Gasteiger partial charge is 0.495 e. The van der Waals surface area contributed by atoms with Crippen LogP contribution in [0.3, 0.4) is 0 Å². The van der Waals surface area contributed by atoms with E-state index < -0.39 is 0 Å². The predicted octanol–water partition coefficient (Wildman–Crippen LogP) is 3.61. The molecule has 6 heteroatoms. The molecule has 0 unspecified atom stereocenters. The Kier molecular flexibility index (Phi) is 5.42. The third-order valence-corrected chi connectivity index (χ3v) is 4.65. The van der Waals surface area contributed by atoms with Crippen LogP contribution in [0.4, 0.5) is 10.5 Å². The first-order valence-corrected chi connectivity index (χ1v) is 8.25. The van der Waals surface area contributed by atoms with Crippen molar-refractivity contribution in [2.75, 3.05) is 38.6 Å². The van der Waals surface area contributed by atoms with Crippen molar-refractivity contribution in [3.8, 4) is 5.75 Å². The highest BCUT2D eigenvalue weighted by atomic mass is 35.5. The molecule has 0 saturated carbocycles. The van der Waals surface area contributed by atoms with Crippen molar-refractivity contribution in [1.82, 2.24) is 9.80 Å². The first-order chi connectivity index (χ1) is 10.7. The number of nitrogens with zero attached hydrogens (tertiary/aromatic N) is 2. The van der Waals surface area contributed by atoms with Crippen molar-refractivity contribution in [2.45, 2.75) is 33.2 Å². The van der Waals surface area contributed by atoms with Crippen LogP contribution >= 0.6 is 11.6 Å². The zero-order valence-corrected chi connectivity index (χ0v) is 15.3. The molecule has 1 aromatic carbocycles. The number of methoxy groups -OCH3 is 1. The molecule has 1 N–H and O–H groups in total. The van der Waals surface area contributed by atoms with Gasteiger partial charge in [0.15, 0.2) is 0 Å². The van der Waals surface area contributed by atoms with E-state index in [1.807, 2.05) is 17.9 Å². The Morgan fingerprint density at radius 1 is 1.22 bits per heavy atom. The van der Waals surface area contributed by atoms with E-state index in [4.69, 9.17) is 16.3 Å². The van der Waals surface area contributed by atoms with Crippen LogP contribution < -0.4 is 10.1 Å². The van der Waals surface area contributed by atoms with Gasteiger partial charge in [-0.3, -0.25) is 4.90 Å². The van der Waals surface area contributed by atoms with Crippen LogP contribution in [0.5, 0.6) is 5.75 Å². The van der Waals surface area contributed by atoms with Crippen LogP contribution in [0.25, 0.3) is 0 Å². The van der Waals surface area contributed by atoms with Crippen molar-refractivity contribution in [1.29, 1.82) is 0 Å². The van der Waals surface area contributed by atoms with E-state index in [0.29, 0.717) is 16.5 Å². The zero-order valence-electron chi connectivity index (χ0n) is 14.6. The Morgan fingerprint density at radius 3 is 2.35 bits per heavy atom. The van der Waals surface area contributed by atoms with Gasteiger partial charge >= 0.3 is 6.03 Å². The number of amides is 2. The maximum atomic E-state index is 12.5. The highest BCUT2D eigenvalue weighted by molar-refractivity contribution is 6.31. The number of halogens is 1. The minimum absolute atomic E-state index is 0.0985. The number of benzene rings is 1. The van der Waals surface area contributed by atoms with Crippen LogP contribution in [0, 0.1) is 6.92 Å².